The molecule has 0 aliphatic heterocycles. The largest absolute Gasteiger partial charge is 0.493 e. The third-order valence-electron chi connectivity index (χ3n) is 4.69. The molecule has 2 heterocycles. The highest BCUT2D eigenvalue weighted by atomic mass is 16.5. The van der Waals surface area contributed by atoms with Gasteiger partial charge in [0.05, 0.1) is 36.6 Å². The van der Waals surface area contributed by atoms with Crippen LogP contribution >= 0.6 is 0 Å². The molecule has 0 atom stereocenters. The Balaban J connectivity index is 2.09. The maximum atomic E-state index is 12.0. The van der Waals surface area contributed by atoms with E-state index in [-0.39, 0.29) is 5.56 Å². The number of aromatic nitrogens is 3. The summed E-state index contributed by atoms with van der Waals surface area (Å²) in [6.45, 7) is 1.80. The van der Waals surface area contributed by atoms with Gasteiger partial charge in [0, 0.05) is 19.0 Å². The van der Waals surface area contributed by atoms with Gasteiger partial charge >= 0.3 is 5.97 Å². The molecular formula is C18H17N3O4. The van der Waals surface area contributed by atoms with Gasteiger partial charge in [0.25, 0.3) is 0 Å². The Morgan fingerprint density at radius 2 is 1.92 bits per heavy atom. The van der Waals surface area contributed by atoms with E-state index >= 15 is 0 Å². The molecular weight excluding hydrogens is 322 g/mol. The van der Waals surface area contributed by atoms with Crippen LogP contribution in [0.1, 0.15) is 27.2 Å². The van der Waals surface area contributed by atoms with E-state index in [1.165, 1.54) is 0 Å². The van der Waals surface area contributed by atoms with Crippen LogP contribution in [0.4, 0.5) is 0 Å². The predicted molar refractivity (Wildman–Crippen MR) is 91.6 cm³/mol. The molecule has 0 saturated carbocycles. The molecule has 0 spiro atoms. The molecule has 0 radical (unpaired) electrons. The minimum atomic E-state index is -0.966. The van der Waals surface area contributed by atoms with Crippen molar-refractivity contribution >= 4 is 17.0 Å². The lowest BCUT2D eigenvalue weighted by Gasteiger charge is -2.10. The van der Waals surface area contributed by atoms with Crippen LogP contribution in [0.15, 0.2) is 12.1 Å². The van der Waals surface area contributed by atoms with Crippen LogP contribution in [0.2, 0.25) is 0 Å². The molecule has 1 aliphatic carbocycles. The second-order valence-electron chi connectivity index (χ2n) is 6.07. The van der Waals surface area contributed by atoms with E-state index in [1.54, 1.807) is 32.9 Å². The lowest BCUT2D eigenvalue weighted by atomic mass is 10.0. The van der Waals surface area contributed by atoms with Gasteiger partial charge in [-0.2, -0.15) is 5.10 Å². The van der Waals surface area contributed by atoms with Gasteiger partial charge in [-0.15, -0.1) is 0 Å². The summed E-state index contributed by atoms with van der Waals surface area (Å²) in [6.07, 6.45) is 0.490. The van der Waals surface area contributed by atoms with E-state index in [2.05, 4.69) is 5.10 Å². The van der Waals surface area contributed by atoms with Crippen LogP contribution < -0.4 is 9.47 Å². The van der Waals surface area contributed by atoms with Crippen LogP contribution in [0, 0.1) is 6.92 Å². The zero-order valence-electron chi connectivity index (χ0n) is 14.4. The SMILES string of the molecule is COc1cc2c(cc1OC)-c1nc3c(c(C)nn3C)c(C(=O)O)c1C2. The summed E-state index contributed by atoms with van der Waals surface area (Å²) in [5.74, 6) is 0.244. The van der Waals surface area contributed by atoms with Crippen molar-refractivity contribution in [1.29, 1.82) is 0 Å². The first-order valence-electron chi connectivity index (χ1n) is 7.81. The Labute approximate surface area is 143 Å². The fourth-order valence-corrected chi connectivity index (χ4v) is 3.62. The van der Waals surface area contributed by atoms with Crippen molar-refractivity contribution < 1.29 is 19.4 Å². The zero-order chi connectivity index (χ0) is 17.9. The number of carboxylic acids is 1. The molecule has 0 amide bonds. The predicted octanol–water partition coefficient (Wildman–Crippen LogP) is 2.56. The van der Waals surface area contributed by atoms with Crippen LogP contribution in [0.3, 0.4) is 0 Å². The van der Waals surface area contributed by atoms with Gasteiger partial charge < -0.3 is 14.6 Å². The number of aromatic carboxylic acids is 1. The number of rotatable bonds is 3. The summed E-state index contributed by atoms with van der Waals surface area (Å²) < 4.78 is 12.4. The monoisotopic (exact) mass is 339 g/mol. The van der Waals surface area contributed by atoms with Crippen molar-refractivity contribution in [2.45, 2.75) is 13.3 Å². The van der Waals surface area contributed by atoms with E-state index < -0.39 is 5.97 Å². The first-order chi connectivity index (χ1) is 12.0. The smallest absolute Gasteiger partial charge is 0.336 e. The van der Waals surface area contributed by atoms with Crippen LogP contribution in [-0.4, -0.2) is 40.1 Å². The van der Waals surface area contributed by atoms with Crippen molar-refractivity contribution in [2.24, 2.45) is 7.05 Å². The third-order valence-corrected chi connectivity index (χ3v) is 4.69. The molecule has 1 N–H and O–H groups in total. The quantitative estimate of drug-likeness (QED) is 0.617. The van der Waals surface area contributed by atoms with Crippen molar-refractivity contribution in [3.8, 4) is 22.8 Å². The first-order valence-corrected chi connectivity index (χ1v) is 7.81. The second kappa shape index (κ2) is 5.20. The highest BCUT2D eigenvalue weighted by Gasteiger charge is 2.31. The van der Waals surface area contributed by atoms with E-state index in [9.17, 15) is 9.90 Å². The number of ether oxygens (including phenoxy) is 2. The standard InChI is InChI=1S/C18H17N3O4/c1-8-14-15(18(22)23)11-5-9-6-12(24-3)13(25-4)7-10(9)16(11)19-17(14)21(2)20-8/h6-7H,5H2,1-4H3,(H,22,23). The molecule has 128 valence electrons. The molecule has 25 heavy (non-hydrogen) atoms. The average Bonchev–Trinajstić information content (AvgIpc) is 3.08. The summed E-state index contributed by atoms with van der Waals surface area (Å²) in [5, 5.41) is 14.8. The molecule has 0 unspecified atom stereocenters. The number of nitrogens with zero attached hydrogens (tertiary/aromatic N) is 3. The minimum Gasteiger partial charge on any atom is -0.493 e. The highest BCUT2D eigenvalue weighted by molar-refractivity contribution is 6.07. The summed E-state index contributed by atoms with van der Waals surface area (Å²) in [6, 6.07) is 3.74. The molecule has 0 bridgehead atoms. The number of hydrogen-bond acceptors (Lipinski definition) is 5. The van der Waals surface area contributed by atoms with Crippen molar-refractivity contribution in [1.82, 2.24) is 14.8 Å². The zero-order valence-corrected chi connectivity index (χ0v) is 14.4. The van der Waals surface area contributed by atoms with E-state index in [0.717, 1.165) is 11.1 Å². The number of hydrogen-bond donors (Lipinski definition) is 1. The van der Waals surface area contributed by atoms with Crippen molar-refractivity contribution in [3.63, 3.8) is 0 Å². The lowest BCUT2D eigenvalue weighted by Crippen LogP contribution is -2.05. The molecule has 1 aromatic carbocycles. The van der Waals surface area contributed by atoms with Crippen LogP contribution in [0.25, 0.3) is 22.3 Å². The van der Waals surface area contributed by atoms with Gasteiger partial charge in [0.1, 0.15) is 0 Å². The van der Waals surface area contributed by atoms with Crippen molar-refractivity contribution in [2.75, 3.05) is 14.2 Å². The van der Waals surface area contributed by atoms with Crippen LogP contribution in [-0.2, 0) is 13.5 Å². The molecule has 3 aromatic rings. The van der Waals surface area contributed by atoms with Crippen molar-refractivity contribution in [3.05, 3.63) is 34.5 Å². The van der Waals surface area contributed by atoms with Gasteiger partial charge in [-0.3, -0.25) is 4.68 Å². The van der Waals surface area contributed by atoms with Gasteiger partial charge in [0.15, 0.2) is 17.1 Å². The normalized spacial score (nSPS) is 12.2. The fraction of sp³-hybridized carbons (Fsp3) is 0.278. The van der Waals surface area contributed by atoms with E-state index in [1.807, 2.05) is 12.1 Å². The lowest BCUT2D eigenvalue weighted by molar-refractivity contribution is 0.0698. The first kappa shape index (κ1) is 15.4. The maximum absolute atomic E-state index is 12.0. The number of methoxy groups -OCH3 is 2. The van der Waals surface area contributed by atoms with Gasteiger partial charge in [-0.05, 0) is 30.2 Å². The summed E-state index contributed by atoms with van der Waals surface area (Å²) in [5.41, 5.74) is 4.73. The Kier molecular flexibility index (Phi) is 3.21. The second-order valence-corrected chi connectivity index (χ2v) is 6.07. The number of benzene rings is 1. The molecule has 7 heteroatoms. The third kappa shape index (κ3) is 2.02. The molecule has 7 nitrogen and oxygen atoms in total. The molecule has 2 aromatic heterocycles. The van der Waals surface area contributed by atoms with E-state index in [0.29, 0.717) is 45.9 Å². The van der Waals surface area contributed by atoms with E-state index in [4.69, 9.17) is 14.5 Å². The number of fused-ring (bicyclic) bond motifs is 4. The number of pyridine rings is 1. The minimum absolute atomic E-state index is 0.278. The summed E-state index contributed by atoms with van der Waals surface area (Å²) in [4.78, 5) is 16.8. The Hall–Kier alpha value is -3.09. The summed E-state index contributed by atoms with van der Waals surface area (Å²) in [7, 11) is 4.92. The summed E-state index contributed by atoms with van der Waals surface area (Å²) >= 11 is 0. The Bertz CT molecular complexity index is 1050. The average molecular weight is 339 g/mol. The maximum Gasteiger partial charge on any atom is 0.336 e. The molecule has 1 aliphatic rings. The van der Waals surface area contributed by atoms with Gasteiger partial charge in [-0.25, -0.2) is 9.78 Å². The number of aryl methyl sites for hydroxylation is 2. The fourth-order valence-electron chi connectivity index (χ4n) is 3.62. The molecule has 0 saturated heterocycles. The Morgan fingerprint density at radius 1 is 1.24 bits per heavy atom. The van der Waals surface area contributed by atoms with Crippen LogP contribution in [0.5, 0.6) is 11.5 Å². The highest BCUT2D eigenvalue weighted by Crippen LogP contribution is 2.44. The topological polar surface area (TPSA) is 86.5 Å². The molecule has 0 fully saturated rings. The number of carbonyl (C=O) groups is 1. The molecule has 4 rings (SSSR count). The Morgan fingerprint density at radius 3 is 2.56 bits per heavy atom. The van der Waals surface area contributed by atoms with Gasteiger partial charge in [-0.1, -0.05) is 0 Å². The van der Waals surface area contributed by atoms with Gasteiger partial charge in [0.2, 0.25) is 0 Å². The number of carboxylic acid groups (broad SMARTS) is 1.